The molecule has 1 amide bonds. The van der Waals surface area contributed by atoms with Crippen LogP contribution in [0.1, 0.15) is 10.4 Å². The van der Waals surface area contributed by atoms with Gasteiger partial charge in [-0.1, -0.05) is 30.3 Å². The van der Waals surface area contributed by atoms with Crippen LogP contribution in [-0.4, -0.2) is 38.2 Å². The van der Waals surface area contributed by atoms with Crippen molar-refractivity contribution in [2.24, 2.45) is 5.73 Å². The number of pyridine rings is 1. The van der Waals surface area contributed by atoms with Crippen molar-refractivity contribution in [3.05, 3.63) is 48.0 Å². The molecule has 3 aromatic rings. The molecule has 0 aliphatic heterocycles. The van der Waals surface area contributed by atoms with Gasteiger partial charge in [-0.15, -0.1) is 0 Å². The van der Waals surface area contributed by atoms with Gasteiger partial charge in [0.1, 0.15) is 11.3 Å². The summed E-state index contributed by atoms with van der Waals surface area (Å²) in [6.45, 7) is 0. The highest BCUT2D eigenvalue weighted by Gasteiger charge is 2.23. The number of benzene rings is 2. The minimum atomic E-state index is -0.564. The van der Waals surface area contributed by atoms with E-state index in [-0.39, 0.29) is 5.56 Å². The van der Waals surface area contributed by atoms with Crippen LogP contribution >= 0.6 is 0 Å². The molecule has 4 N–H and O–H groups in total. The Labute approximate surface area is 161 Å². The van der Waals surface area contributed by atoms with Crippen LogP contribution in [0.3, 0.4) is 0 Å². The molecule has 0 bridgehead atoms. The highest BCUT2D eigenvalue weighted by Crippen LogP contribution is 2.43. The fourth-order valence-electron chi connectivity index (χ4n) is 2.96. The molecule has 8 nitrogen and oxygen atoms in total. The predicted molar refractivity (Wildman–Crippen MR) is 106 cm³/mol. The number of methoxy groups -OCH3 is 3. The molecule has 0 fully saturated rings. The summed E-state index contributed by atoms with van der Waals surface area (Å²) >= 11 is 0. The van der Waals surface area contributed by atoms with Gasteiger partial charge in [0.2, 0.25) is 0 Å². The second kappa shape index (κ2) is 7.83. The lowest BCUT2D eigenvalue weighted by atomic mass is 10.0. The summed E-state index contributed by atoms with van der Waals surface area (Å²) in [5, 5.41) is 10.1. The van der Waals surface area contributed by atoms with Crippen molar-refractivity contribution >= 4 is 22.8 Å². The zero-order valence-corrected chi connectivity index (χ0v) is 15.7. The van der Waals surface area contributed by atoms with Crippen LogP contribution < -0.4 is 25.3 Å². The number of nitrogens with zero attached hydrogens (tertiary/aromatic N) is 1. The van der Waals surface area contributed by atoms with Gasteiger partial charge in [-0.2, -0.15) is 0 Å². The first-order valence-electron chi connectivity index (χ1n) is 8.34. The molecule has 0 radical (unpaired) electrons. The quantitative estimate of drug-likeness (QED) is 0.462. The Morgan fingerprint density at radius 3 is 2.29 bits per heavy atom. The molecule has 0 saturated carbocycles. The zero-order chi connectivity index (χ0) is 20.3. The van der Waals surface area contributed by atoms with Gasteiger partial charge in [-0.25, -0.2) is 4.98 Å². The maximum atomic E-state index is 12.8. The molecular formula is C20H20N4O4. The average molecular weight is 380 g/mol. The molecule has 0 spiro atoms. The monoisotopic (exact) mass is 380 g/mol. The van der Waals surface area contributed by atoms with E-state index in [1.54, 1.807) is 12.1 Å². The molecule has 1 aromatic heterocycles. The van der Waals surface area contributed by atoms with Gasteiger partial charge in [-0.3, -0.25) is 15.5 Å². The SMILES string of the molecule is COc1cc(OC)c2nc(-c3ccccc3)cc(C(=O)NC(=N)N)c2c1OC. The third kappa shape index (κ3) is 3.39. The topological polar surface area (TPSA) is 120 Å². The predicted octanol–water partition coefficient (Wildman–Crippen LogP) is 2.55. The smallest absolute Gasteiger partial charge is 0.258 e. The number of ether oxygens (including phenoxy) is 3. The average Bonchev–Trinajstić information content (AvgIpc) is 2.71. The summed E-state index contributed by atoms with van der Waals surface area (Å²) in [5.74, 6) is 0.107. The van der Waals surface area contributed by atoms with Crippen LogP contribution in [-0.2, 0) is 0 Å². The zero-order valence-electron chi connectivity index (χ0n) is 15.7. The largest absolute Gasteiger partial charge is 0.494 e. The van der Waals surface area contributed by atoms with E-state index in [9.17, 15) is 4.79 Å². The van der Waals surface area contributed by atoms with Crippen molar-refractivity contribution in [3.63, 3.8) is 0 Å². The minimum absolute atomic E-state index is 0.230. The maximum Gasteiger partial charge on any atom is 0.258 e. The van der Waals surface area contributed by atoms with Crippen LogP contribution in [0.25, 0.3) is 22.2 Å². The van der Waals surface area contributed by atoms with Gasteiger partial charge in [0.15, 0.2) is 17.5 Å². The van der Waals surface area contributed by atoms with Crippen LogP contribution in [0.15, 0.2) is 42.5 Å². The number of nitrogens with two attached hydrogens (primary N) is 1. The molecule has 0 atom stereocenters. The van der Waals surface area contributed by atoms with Crippen molar-refractivity contribution in [2.75, 3.05) is 21.3 Å². The molecule has 0 aliphatic carbocycles. The molecule has 0 aliphatic rings. The summed E-state index contributed by atoms with van der Waals surface area (Å²) in [6, 6.07) is 12.7. The Morgan fingerprint density at radius 1 is 1.04 bits per heavy atom. The number of aromatic nitrogens is 1. The third-order valence-electron chi connectivity index (χ3n) is 4.17. The Hall–Kier alpha value is -3.81. The Balaban J connectivity index is 2.43. The number of carbonyl (C=O) groups excluding carboxylic acids is 1. The highest BCUT2D eigenvalue weighted by atomic mass is 16.5. The molecule has 3 rings (SSSR count). The van der Waals surface area contributed by atoms with Crippen molar-refractivity contribution in [1.82, 2.24) is 10.3 Å². The summed E-state index contributed by atoms with van der Waals surface area (Å²) in [4.78, 5) is 17.5. The first-order chi connectivity index (χ1) is 13.5. The second-order valence-electron chi connectivity index (χ2n) is 5.83. The normalized spacial score (nSPS) is 10.4. The van der Waals surface area contributed by atoms with Crippen molar-refractivity contribution < 1.29 is 19.0 Å². The number of carbonyl (C=O) groups is 1. The molecule has 0 saturated heterocycles. The molecule has 0 unspecified atom stereocenters. The number of rotatable bonds is 5. The lowest BCUT2D eigenvalue weighted by Gasteiger charge is -2.17. The number of nitrogens with one attached hydrogen (secondary N) is 2. The fourth-order valence-corrected chi connectivity index (χ4v) is 2.96. The summed E-state index contributed by atoms with van der Waals surface area (Å²) in [6.07, 6.45) is 0. The molecule has 1 heterocycles. The van der Waals surface area contributed by atoms with Gasteiger partial charge < -0.3 is 19.9 Å². The molecule has 2 aromatic carbocycles. The lowest BCUT2D eigenvalue weighted by Crippen LogP contribution is -2.35. The van der Waals surface area contributed by atoms with Crippen LogP contribution in [0.4, 0.5) is 0 Å². The first-order valence-corrected chi connectivity index (χ1v) is 8.34. The first kappa shape index (κ1) is 19.0. The minimum Gasteiger partial charge on any atom is -0.494 e. The summed E-state index contributed by atoms with van der Waals surface area (Å²) < 4.78 is 16.4. The highest BCUT2D eigenvalue weighted by molar-refractivity contribution is 6.15. The molecular weight excluding hydrogens is 360 g/mol. The van der Waals surface area contributed by atoms with E-state index >= 15 is 0 Å². The number of hydrogen-bond donors (Lipinski definition) is 3. The Morgan fingerprint density at radius 2 is 1.71 bits per heavy atom. The molecule has 28 heavy (non-hydrogen) atoms. The van der Waals surface area contributed by atoms with Crippen LogP contribution in [0.2, 0.25) is 0 Å². The van der Waals surface area contributed by atoms with Crippen molar-refractivity contribution in [1.29, 1.82) is 5.41 Å². The number of guanidine groups is 1. The maximum absolute atomic E-state index is 12.8. The van der Waals surface area contributed by atoms with Gasteiger partial charge in [0.25, 0.3) is 5.91 Å². The van der Waals surface area contributed by atoms with Crippen molar-refractivity contribution in [2.45, 2.75) is 0 Å². The van der Waals surface area contributed by atoms with Gasteiger partial charge >= 0.3 is 0 Å². The van der Waals surface area contributed by atoms with Gasteiger partial charge in [-0.05, 0) is 6.07 Å². The van der Waals surface area contributed by atoms with Gasteiger partial charge in [0, 0.05) is 11.6 Å². The van der Waals surface area contributed by atoms with Gasteiger partial charge in [0.05, 0.1) is 38.0 Å². The van der Waals surface area contributed by atoms with Crippen LogP contribution in [0, 0.1) is 5.41 Å². The lowest BCUT2D eigenvalue weighted by molar-refractivity contribution is 0.0978. The summed E-state index contributed by atoms with van der Waals surface area (Å²) in [5.41, 5.74) is 7.40. The van der Waals surface area contributed by atoms with E-state index in [0.717, 1.165) is 5.56 Å². The van der Waals surface area contributed by atoms with E-state index in [1.807, 2.05) is 30.3 Å². The van der Waals surface area contributed by atoms with E-state index in [0.29, 0.717) is 33.8 Å². The summed E-state index contributed by atoms with van der Waals surface area (Å²) in [7, 11) is 4.47. The molecule has 144 valence electrons. The standard InChI is InChI=1S/C20H20N4O4/c1-26-14-10-15(27-2)18(28-3)16-12(19(25)24-20(21)22)9-13(23-17(14)16)11-7-5-4-6-8-11/h4-10H,1-3H3,(H4,21,22,24,25). The Bertz CT molecular complexity index is 1050. The number of hydrogen-bond acceptors (Lipinski definition) is 6. The molecule has 8 heteroatoms. The van der Waals surface area contributed by atoms with E-state index in [2.05, 4.69) is 5.32 Å². The fraction of sp³-hybridized carbons (Fsp3) is 0.150. The number of amides is 1. The van der Waals surface area contributed by atoms with E-state index in [4.69, 9.17) is 30.3 Å². The van der Waals surface area contributed by atoms with E-state index < -0.39 is 11.9 Å². The van der Waals surface area contributed by atoms with Crippen molar-refractivity contribution in [3.8, 4) is 28.5 Å². The second-order valence-corrected chi connectivity index (χ2v) is 5.83. The van der Waals surface area contributed by atoms with E-state index in [1.165, 1.54) is 21.3 Å². The van der Waals surface area contributed by atoms with Crippen LogP contribution in [0.5, 0.6) is 17.2 Å². The number of fused-ring (bicyclic) bond motifs is 1. The third-order valence-corrected chi connectivity index (χ3v) is 4.17. The Kier molecular flexibility index (Phi) is 5.30.